The van der Waals surface area contributed by atoms with Crippen molar-refractivity contribution < 1.29 is 38.7 Å². The van der Waals surface area contributed by atoms with Crippen LogP contribution in [0.5, 0.6) is 11.5 Å². The highest BCUT2D eigenvalue weighted by molar-refractivity contribution is 5.99. The first-order valence-corrected chi connectivity index (χ1v) is 8.37. The second-order valence-corrected chi connectivity index (χ2v) is 7.86. The highest BCUT2D eigenvalue weighted by Crippen LogP contribution is 2.68. The summed E-state index contributed by atoms with van der Waals surface area (Å²) in [5.41, 5.74) is -4.31. The topological polar surface area (TPSA) is 112 Å². The molecule has 2 N–H and O–H groups in total. The van der Waals surface area contributed by atoms with E-state index in [1.54, 1.807) is 19.9 Å². The number of ether oxygens (including phenoxy) is 4. The summed E-state index contributed by atoms with van der Waals surface area (Å²) in [7, 11) is 1.43. The van der Waals surface area contributed by atoms with Gasteiger partial charge in [-0.05, 0) is 19.9 Å². The lowest BCUT2D eigenvalue weighted by Gasteiger charge is -2.57. The Balaban J connectivity index is 1.89. The quantitative estimate of drug-likeness (QED) is 0.705. The summed E-state index contributed by atoms with van der Waals surface area (Å²) in [5, 5.41) is 21.6. The van der Waals surface area contributed by atoms with Gasteiger partial charge in [-0.15, -0.1) is 0 Å². The number of benzene rings is 1. The van der Waals surface area contributed by atoms with Crippen molar-refractivity contribution in [3.05, 3.63) is 23.3 Å². The van der Waals surface area contributed by atoms with Crippen LogP contribution < -0.4 is 4.74 Å². The van der Waals surface area contributed by atoms with E-state index in [0.29, 0.717) is 11.3 Å². The minimum absolute atomic E-state index is 0.0697. The monoisotopic (exact) mass is 362 g/mol. The van der Waals surface area contributed by atoms with Crippen molar-refractivity contribution in [3.63, 3.8) is 0 Å². The molecule has 0 unspecified atom stereocenters. The molecule has 1 aliphatic carbocycles. The van der Waals surface area contributed by atoms with Crippen molar-refractivity contribution >= 4 is 11.8 Å². The summed E-state index contributed by atoms with van der Waals surface area (Å²) in [6.07, 6.45) is -1.52. The Labute approximate surface area is 148 Å². The van der Waals surface area contributed by atoms with Crippen molar-refractivity contribution in [2.75, 3.05) is 7.11 Å². The van der Waals surface area contributed by atoms with Gasteiger partial charge in [0.05, 0.1) is 7.11 Å². The fraction of sp³-hybridized carbons (Fsp3) is 0.556. The Morgan fingerprint density at radius 1 is 1.23 bits per heavy atom. The number of Topliss-reactive ketones (excluding diaryl/α,β-unsaturated/α-hetero) is 1. The molecule has 3 fully saturated rings. The van der Waals surface area contributed by atoms with Crippen LogP contribution in [0.15, 0.2) is 12.1 Å². The zero-order chi connectivity index (χ0) is 18.7. The Kier molecular flexibility index (Phi) is 2.60. The van der Waals surface area contributed by atoms with E-state index in [1.807, 2.05) is 0 Å². The van der Waals surface area contributed by atoms with Gasteiger partial charge in [0.25, 0.3) is 0 Å². The van der Waals surface area contributed by atoms with E-state index < -0.39 is 40.4 Å². The molecule has 3 heterocycles. The lowest BCUT2D eigenvalue weighted by atomic mass is 9.58. The van der Waals surface area contributed by atoms with Gasteiger partial charge in [0.2, 0.25) is 0 Å². The average molecular weight is 362 g/mol. The van der Waals surface area contributed by atoms with E-state index in [9.17, 15) is 19.8 Å². The molecule has 26 heavy (non-hydrogen) atoms. The molecule has 0 radical (unpaired) electrons. The number of aliphatic hydroxyl groups is 1. The van der Waals surface area contributed by atoms with E-state index in [1.165, 1.54) is 13.2 Å². The number of esters is 1. The Hall–Kier alpha value is -2.16. The number of phenolic OH excluding ortho intramolecular Hbond substituents is 1. The smallest absolute Gasteiger partial charge is 0.342 e. The van der Waals surface area contributed by atoms with Gasteiger partial charge in [0, 0.05) is 24.5 Å². The minimum Gasteiger partial charge on any atom is -0.507 e. The Morgan fingerprint density at radius 3 is 2.65 bits per heavy atom. The number of methoxy groups -OCH3 is 1. The summed E-state index contributed by atoms with van der Waals surface area (Å²) in [4.78, 5) is 25.3. The molecule has 5 rings (SSSR count). The van der Waals surface area contributed by atoms with E-state index in [-0.39, 0.29) is 24.2 Å². The van der Waals surface area contributed by atoms with E-state index >= 15 is 0 Å². The standard InChI is InChI=1S/C18H18O8/c1-15-6-11(20)17(22)7-16(2,25-15)26-18(15)9-4-8(23-3)5-10(19)12(9)13(21)24-14(17)18/h4-5,14,19,22H,6-7H2,1-3H3/t14-,15-,16-,17-,18+/m0/s1. The van der Waals surface area contributed by atoms with Crippen LogP contribution in [-0.4, -0.2) is 52.2 Å². The third kappa shape index (κ3) is 1.49. The van der Waals surface area contributed by atoms with Gasteiger partial charge in [-0.3, -0.25) is 4.79 Å². The summed E-state index contributed by atoms with van der Waals surface area (Å²) >= 11 is 0. The molecule has 1 aromatic rings. The number of carbonyl (C=O) groups excluding carboxylic acids is 2. The third-order valence-electron chi connectivity index (χ3n) is 6.13. The molecule has 2 saturated heterocycles. The predicted molar refractivity (Wildman–Crippen MR) is 83.7 cm³/mol. The van der Waals surface area contributed by atoms with E-state index in [0.717, 1.165) is 0 Å². The first-order valence-electron chi connectivity index (χ1n) is 8.37. The van der Waals surface area contributed by atoms with Crippen molar-refractivity contribution in [2.24, 2.45) is 0 Å². The SMILES string of the molecule is COc1cc(O)c2c(c1)[C@]13O[C@@]4(C)C[C@](O)(C(=O)C[C@]1(C)O4)[C@@H]3OC2=O. The first kappa shape index (κ1) is 16.0. The number of ketones is 1. The molecule has 0 aromatic heterocycles. The van der Waals surface area contributed by atoms with Crippen LogP contribution in [0.25, 0.3) is 0 Å². The van der Waals surface area contributed by atoms with Crippen molar-refractivity contribution in [3.8, 4) is 11.5 Å². The Bertz CT molecular complexity index is 895. The zero-order valence-electron chi connectivity index (χ0n) is 14.5. The highest BCUT2D eigenvalue weighted by Gasteiger charge is 2.83. The summed E-state index contributed by atoms with van der Waals surface area (Å²) in [6, 6.07) is 2.87. The molecule has 4 aliphatic rings. The maximum absolute atomic E-state index is 12.7. The van der Waals surface area contributed by atoms with Crippen LogP contribution in [0.1, 0.15) is 42.6 Å². The van der Waals surface area contributed by atoms with Crippen LogP contribution in [0.2, 0.25) is 0 Å². The molecule has 8 heteroatoms. The molecular weight excluding hydrogens is 344 g/mol. The highest BCUT2D eigenvalue weighted by atomic mass is 16.8. The number of aromatic hydroxyl groups is 1. The number of fused-ring (bicyclic) bond motifs is 2. The summed E-state index contributed by atoms with van der Waals surface area (Å²) in [6.45, 7) is 3.35. The van der Waals surface area contributed by atoms with E-state index in [2.05, 4.69) is 0 Å². The molecule has 1 aromatic carbocycles. The fourth-order valence-electron chi connectivity index (χ4n) is 5.27. The molecule has 1 saturated carbocycles. The molecule has 138 valence electrons. The Morgan fingerprint density at radius 2 is 1.96 bits per heavy atom. The average Bonchev–Trinajstić information content (AvgIpc) is 2.68. The second-order valence-electron chi connectivity index (χ2n) is 7.86. The molecule has 5 atom stereocenters. The minimum atomic E-state index is -1.92. The zero-order valence-corrected chi connectivity index (χ0v) is 14.5. The lowest BCUT2D eigenvalue weighted by molar-refractivity contribution is -0.293. The van der Waals surface area contributed by atoms with Gasteiger partial charge in [0.1, 0.15) is 22.7 Å². The summed E-state index contributed by atoms with van der Waals surface area (Å²) < 4.78 is 23.1. The molecule has 0 amide bonds. The largest absolute Gasteiger partial charge is 0.507 e. The fourth-order valence-corrected chi connectivity index (χ4v) is 5.27. The van der Waals surface area contributed by atoms with Gasteiger partial charge >= 0.3 is 5.97 Å². The lowest BCUT2D eigenvalue weighted by Crippen LogP contribution is -2.75. The van der Waals surface area contributed by atoms with Crippen LogP contribution in [0, 0.1) is 0 Å². The normalized spacial score (nSPS) is 45.2. The van der Waals surface area contributed by atoms with Crippen molar-refractivity contribution in [2.45, 2.75) is 55.4 Å². The molecule has 8 nitrogen and oxygen atoms in total. The first-order chi connectivity index (χ1) is 12.1. The second kappa shape index (κ2) is 4.21. The maximum Gasteiger partial charge on any atom is 0.342 e. The van der Waals surface area contributed by atoms with Gasteiger partial charge in [-0.2, -0.15) is 0 Å². The molecule has 1 spiro atoms. The molecule has 3 aliphatic heterocycles. The van der Waals surface area contributed by atoms with Crippen molar-refractivity contribution in [1.82, 2.24) is 0 Å². The number of hydrogen-bond acceptors (Lipinski definition) is 8. The predicted octanol–water partition coefficient (Wildman–Crippen LogP) is 0.764. The van der Waals surface area contributed by atoms with Crippen molar-refractivity contribution in [1.29, 1.82) is 0 Å². The molecular formula is C18H18O8. The van der Waals surface area contributed by atoms with Gasteiger partial charge < -0.3 is 29.2 Å². The summed E-state index contributed by atoms with van der Waals surface area (Å²) in [5.74, 6) is -2.52. The van der Waals surface area contributed by atoms with Gasteiger partial charge in [-0.25, -0.2) is 4.79 Å². The van der Waals surface area contributed by atoms with Crippen LogP contribution in [0.4, 0.5) is 0 Å². The third-order valence-corrected chi connectivity index (χ3v) is 6.13. The van der Waals surface area contributed by atoms with Gasteiger partial charge in [-0.1, -0.05) is 0 Å². The van der Waals surface area contributed by atoms with E-state index in [4.69, 9.17) is 18.9 Å². The number of phenols is 1. The molecule has 3 bridgehead atoms. The van der Waals surface area contributed by atoms with Crippen LogP contribution >= 0.6 is 0 Å². The van der Waals surface area contributed by atoms with Gasteiger partial charge in [0.15, 0.2) is 28.9 Å². The maximum atomic E-state index is 12.7. The van der Waals surface area contributed by atoms with Crippen LogP contribution in [-0.2, 0) is 24.6 Å². The number of carbonyl (C=O) groups is 2. The van der Waals surface area contributed by atoms with Crippen LogP contribution in [0.3, 0.4) is 0 Å². The number of hydrogen-bond donors (Lipinski definition) is 2. The number of rotatable bonds is 1.